The van der Waals surface area contributed by atoms with E-state index in [2.05, 4.69) is 20.5 Å². The van der Waals surface area contributed by atoms with Gasteiger partial charge in [-0.2, -0.15) is 4.98 Å². The van der Waals surface area contributed by atoms with E-state index in [0.717, 1.165) is 29.1 Å². The average molecular weight is 333 g/mol. The van der Waals surface area contributed by atoms with Crippen LogP contribution < -0.4 is 0 Å². The molecule has 5 rings (SSSR count). The first kappa shape index (κ1) is 14.2. The lowest BCUT2D eigenvalue weighted by Crippen LogP contribution is -2.01. The molecule has 2 aromatic heterocycles. The van der Waals surface area contributed by atoms with Crippen LogP contribution in [0.5, 0.6) is 5.75 Å². The van der Waals surface area contributed by atoms with Crippen molar-refractivity contribution >= 4 is 11.0 Å². The van der Waals surface area contributed by atoms with E-state index in [-0.39, 0.29) is 5.75 Å². The van der Waals surface area contributed by atoms with Crippen molar-refractivity contribution < 1.29 is 9.63 Å². The molecule has 25 heavy (non-hydrogen) atoms. The van der Waals surface area contributed by atoms with Gasteiger partial charge in [-0.05, 0) is 49.1 Å². The van der Waals surface area contributed by atoms with Crippen molar-refractivity contribution in [2.75, 3.05) is 0 Å². The summed E-state index contributed by atoms with van der Waals surface area (Å²) >= 11 is 0. The molecule has 0 amide bonds. The van der Waals surface area contributed by atoms with Gasteiger partial charge in [-0.25, -0.2) is 4.68 Å². The van der Waals surface area contributed by atoms with Crippen LogP contribution in [0.4, 0.5) is 0 Å². The Labute approximate surface area is 142 Å². The fourth-order valence-electron chi connectivity index (χ4n) is 2.90. The highest BCUT2D eigenvalue weighted by molar-refractivity contribution is 5.80. The van der Waals surface area contributed by atoms with Gasteiger partial charge in [0.25, 0.3) is 5.89 Å². The highest BCUT2D eigenvalue weighted by Crippen LogP contribution is 2.32. The van der Waals surface area contributed by atoms with Gasteiger partial charge in [0.05, 0.1) is 11.1 Å². The van der Waals surface area contributed by atoms with Gasteiger partial charge < -0.3 is 9.63 Å². The van der Waals surface area contributed by atoms with Gasteiger partial charge in [0.1, 0.15) is 11.3 Å². The standard InChI is InChI=1S/C18H15N5O2/c24-16-4-2-1-3-13(16)17-19-18(25-21-17)12-7-8-15-14(9-12)20-22-23(15)10-11-5-6-11/h1-4,7-9,11,24H,5-6,10H2. The molecule has 0 atom stereocenters. The molecule has 7 heteroatoms. The summed E-state index contributed by atoms with van der Waals surface area (Å²) in [6.07, 6.45) is 2.55. The summed E-state index contributed by atoms with van der Waals surface area (Å²) in [6, 6.07) is 12.7. The summed E-state index contributed by atoms with van der Waals surface area (Å²) in [5.74, 6) is 1.59. The third-order valence-corrected chi connectivity index (χ3v) is 4.46. The van der Waals surface area contributed by atoms with Crippen molar-refractivity contribution in [3.05, 3.63) is 42.5 Å². The SMILES string of the molecule is Oc1ccccc1-c1noc(-c2ccc3c(c2)nnn3CC2CC2)n1. The normalized spacial score (nSPS) is 14.2. The molecule has 0 bridgehead atoms. The lowest BCUT2D eigenvalue weighted by Gasteiger charge is -2.00. The molecular formula is C18H15N5O2. The number of benzene rings is 2. The molecule has 7 nitrogen and oxygen atoms in total. The summed E-state index contributed by atoms with van der Waals surface area (Å²) in [7, 11) is 0. The van der Waals surface area contributed by atoms with E-state index < -0.39 is 0 Å². The molecule has 4 aromatic rings. The molecule has 0 aliphatic heterocycles. The maximum atomic E-state index is 9.92. The second-order valence-corrected chi connectivity index (χ2v) is 6.36. The fourth-order valence-corrected chi connectivity index (χ4v) is 2.90. The Hall–Kier alpha value is -3.22. The predicted octanol–water partition coefficient (Wildman–Crippen LogP) is 3.26. The van der Waals surface area contributed by atoms with Gasteiger partial charge in [0.2, 0.25) is 5.82 Å². The number of hydrogen-bond acceptors (Lipinski definition) is 6. The molecule has 0 saturated heterocycles. The molecule has 1 N–H and O–H groups in total. The van der Waals surface area contributed by atoms with Crippen molar-refractivity contribution in [2.24, 2.45) is 5.92 Å². The van der Waals surface area contributed by atoms with Crippen LogP contribution >= 0.6 is 0 Å². The fraction of sp³-hybridized carbons (Fsp3) is 0.222. The molecule has 1 saturated carbocycles. The van der Waals surface area contributed by atoms with Crippen LogP contribution in [0.3, 0.4) is 0 Å². The van der Waals surface area contributed by atoms with Crippen LogP contribution in [0.1, 0.15) is 12.8 Å². The number of hydrogen-bond donors (Lipinski definition) is 1. The van der Waals surface area contributed by atoms with Gasteiger partial charge in [-0.1, -0.05) is 22.5 Å². The Morgan fingerprint density at radius 1 is 1.16 bits per heavy atom. The number of aromatic nitrogens is 5. The minimum Gasteiger partial charge on any atom is -0.507 e. The molecule has 0 spiro atoms. The van der Waals surface area contributed by atoms with Crippen LogP contribution in [-0.4, -0.2) is 30.2 Å². The highest BCUT2D eigenvalue weighted by Gasteiger charge is 2.23. The van der Waals surface area contributed by atoms with Crippen LogP contribution in [0.15, 0.2) is 47.0 Å². The molecule has 2 aromatic carbocycles. The van der Waals surface area contributed by atoms with E-state index in [4.69, 9.17) is 4.52 Å². The van der Waals surface area contributed by atoms with Crippen molar-refractivity contribution in [2.45, 2.75) is 19.4 Å². The first-order chi connectivity index (χ1) is 12.3. The summed E-state index contributed by atoms with van der Waals surface area (Å²) < 4.78 is 7.32. The number of fused-ring (bicyclic) bond motifs is 1. The Bertz CT molecular complexity index is 1060. The molecule has 1 aliphatic carbocycles. The van der Waals surface area contributed by atoms with Crippen molar-refractivity contribution in [1.29, 1.82) is 0 Å². The van der Waals surface area contributed by atoms with Gasteiger partial charge in [-0.3, -0.25) is 0 Å². The van der Waals surface area contributed by atoms with E-state index in [9.17, 15) is 5.11 Å². The van der Waals surface area contributed by atoms with E-state index >= 15 is 0 Å². The number of phenols is 1. The highest BCUT2D eigenvalue weighted by atomic mass is 16.5. The minimum atomic E-state index is 0.119. The van der Waals surface area contributed by atoms with Crippen LogP contribution in [0.2, 0.25) is 0 Å². The Balaban J connectivity index is 1.50. The predicted molar refractivity (Wildman–Crippen MR) is 90.6 cm³/mol. The maximum Gasteiger partial charge on any atom is 0.258 e. The lowest BCUT2D eigenvalue weighted by atomic mass is 10.2. The van der Waals surface area contributed by atoms with E-state index in [1.807, 2.05) is 28.9 Å². The average Bonchev–Trinajstić information content (AvgIpc) is 3.16. The van der Waals surface area contributed by atoms with Crippen LogP contribution in [0.25, 0.3) is 33.9 Å². The summed E-state index contributed by atoms with van der Waals surface area (Å²) in [6.45, 7) is 0.924. The zero-order valence-corrected chi connectivity index (χ0v) is 13.3. The molecule has 124 valence electrons. The molecule has 0 unspecified atom stereocenters. The first-order valence-electron chi connectivity index (χ1n) is 8.23. The topological polar surface area (TPSA) is 89.9 Å². The minimum absolute atomic E-state index is 0.119. The van der Waals surface area contributed by atoms with Gasteiger partial charge in [0.15, 0.2) is 0 Å². The van der Waals surface area contributed by atoms with Crippen molar-refractivity contribution in [3.8, 4) is 28.6 Å². The second-order valence-electron chi connectivity index (χ2n) is 6.36. The Morgan fingerprint density at radius 2 is 2.04 bits per heavy atom. The third kappa shape index (κ3) is 2.53. The second kappa shape index (κ2) is 5.41. The molecular weight excluding hydrogens is 318 g/mol. The van der Waals surface area contributed by atoms with Crippen LogP contribution in [0, 0.1) is 5.92 Å². The molecule has 2 heterocycles. The molecule has 1 fully saturated rings. The van der Waals surface area contributed by atoms with Gasteiger partial charge in [-0.15, -0.1) is 5.10 Å². The van der Waals surface area contributed by atoms with Crippen molar-refractivity contribution in [3.63, 3.8) is 0 Å². The van der Waals surface area contributed by atoms with E-state index in [1.54, 1.807) is 18.2 Å². The quantitative estimate of drug-likeness (QED) is 0.616. The molecule has 0 radical (unpaired) electrons. The summed E-state index contributed by atoms with van der Waals surface area (Å²) in [5.41, 5.74) is 3.13. The molecule has 1 aliphatic rings. The number of para-hydroxylation sites is 1. The smallest absolute Gasteiger partial charge is 0.258 e. The zero-order chi connectivity index (χ0) is 16.8. The Kier molecular flexibility index (Phi) is 3.06. The monoisotopic (exact) mass is 333 g/mol. The summed E-state index contributed by atoms with van der Waals surface area (Å²) in [4.78, 5) is 4.39. The van der Waals surface area contributed by atoms with E-state index in [0.29, 0.717) is 17.3 Å². The first-order valence-corrected chi connectivity index (χ1v) is 8.23. The number of phenolic OH excluding ortho intramolecular Hbond substituents is 1. The van der Waals surface area contributed by atoms with Crippen molar-refractivity contribution in [1.82, 2.24) is 25.1 Å². The van der Waals surface area contributed by atoms with Gasteiger partial charge in [0, 0.05) is 12.1 Å². The summed E-state index contributed by atoms with van der Waals surface area (Å²) in [5, 5.41) is 22.4. The van der Waals surface area contributed by atoms with Crippen LogP contribution in [-0.2, 0) is 6.54 Å². The third-order valence-electron chi connectivity index (χ3n) is 4.46. The van der Waals surface area contributed by atoms with E-state index in [1.165, 1.54) is 12.8 Å². The van der Waals surface area contributed by atoms with Gasteiger partial charge >= 0.3 is 0 Å². The lowest BCUT2D eigenvalue weighted by molar-refractivity contribution is 0.431. The zero-order valence-electron chi connectivity index (χ0n) is 13.3. The largest absolute Gasteiger partial charge is 0.507 e. The Morgan fingerprint density at radius 3 is 2.88 bits per heavy atom. The maximum absolute atomic E-state index is 9.92. The number of rotatable bonds is 4. The number of aromatic hydroxyl groups is 1. The number of nitrogens with zero attached hydrogens (tertiary/aromatic N) is 5.